The van der Waals surface area contributed by atoms with Crippen molar-refractivity contribution < 1.29 is 14.7 Å². The van der Waals surface area contributed by atoms with E-state index < -0.39 is 5.97 Å². The summed E-state index contributed by atoms with van der Waals surface area (Å²) in [6.45, 7) is 3.83. The van der Waals surface area contributed by atoms with Gasteiger partial charge >= 0.3 is 5.97 Å². The van der Waals surface area contributed by atoms with Crippen LogP contribution in [0.1, 0.15) is 37.0 Å². The number of rotatable bonds is 6. The lowest BCUT2D eigenvalue weighted by molar-refractivity contribution is -0.137. The van der Waals surface area contributed by atoms with Crippen LogP contribution >= 0.6 is 0 Å². The molecule has 0 saturated carbocycles. The standard InChI is InChI=1S/C14H21N3O3/c1-14(2,8-7-12(18)19)16-11-6-5-10(9-15-11)13(20)17(3)4/h5-6,9H,7-8H2,1-4H3,(H,15,16)(H,18,19). The van der Waals surface area contributed by atoms with Gasteiger partial charge in [0.1, 0.15) is 5.82 Å². The number of nitrogens with one attached hydrogen (secondary N) is 1. The molecule has 1 aromatic rings. The number of carbonyl (C=O) groups is 2. The number of carbonyl (C=O) groups excluding carboxylic acids is 1. The third-order valence-corrected chi connectivity index (χ3v) is 2.85. The largest absolute Gasteiger partial charge is 0.481 e. The van der Waals surface area contributed by atoms with Crippen molar-refractivity contribution >= 4 is 17.7 Å². The molecule has 0 atom stereocenters. The quantitative estimate of drug-likeness (QED) is 0.830. The zero-order valence-corrected chi connectivity index (χ0v) is 12.3. The van der Waals surface area contributed by atoms with Gasteiger partial charge in [0.15, 0.2) is 0 Å². The van der Waals surface area contributed by atoms with Gasteiger partial charge in [-0.1, -0.05) is 0 Å². The number of aromatic nitrogens is 1. The van der Waals surface area contributed by atoms with Crippen molar-refractivity contribution in [1.29, 1.82) is 0 Å². The van der Waals surface area contributed by atoms with E-state index in [-0.39, 0.29) is 17.9 Å². The molecule has 0 aliphatic carbocycles. The van der Waals surface area contributed by atoms with Crippen LogP contribution in [-0.2, 0) is 4.79 Å². The molecule has 6 heteroatoms. The maximum absolute atomic E-state index is 11.7. The zero-order chi connectivity index (χ0) is 15.3. The maximum Gasteiger partial charge on any atom is 0.303 e. The van der Waals surface area contributed by atoms with E-state index in [0.29, 0.717) is 17.8 Å². The van der Waals surface area contributed by atoms with Crippen molar-refractivity contribution in [3.63, 3.8) is 0 Å². The van der Waals surface area contributed by atoms with Crippen LogP contribution in [0, 0.1) is 0 Å². The molecule has 0 aliphatic rings. The normalized spacial score (nSPS) is 11.0. The highest BCUT2D eigenvalue weighted by Crippen LogP contribution is 2.18. The Kier molecular flexibility index (Phi) is 5.07. The topological polar surface area (TPSA) is 82.5 Å². The monoisotopic (exact) mass is 279 g/mol. The minimum absolute atomic E-state index is 0.0944. The third-order valence-electron chi connectivity index (χ3n) is 2.85. The third kappa shape index (κ3) is 4.87. The summed E-state index contributed by atoms with van der Waals surface area (Å²) in [6.07, 6.45) is 2.09. The Morgan fingerprint density at radius 3 is 2.45 bits per heavy atom. The van der Waals surface area contributed by atoms with Crippen molar-refractivity contribution in [3.8, 4) is 0 Å². The summed E-state index contributed by atoms with van der Waals surface area (Å²) in [4.78, 5) is 28.0. The Morgan fingerprint density at radius 2 is 2.00 bits per heavy atom. The van der Waals surface area contributed by atoms with Crippen LogP contribution in [0.2, 0.25) is 0 Å². The van der Waals surface area contributed by atoms with E-state index in [1.165, 1.54) is 11.1 Å². The van der Waals surface area contributed by atoms with Gasteiger partial charge in [0.05, 0.1) is 5.56 Å². The average molecular weight is 279 g/mol. The van der Waals surface area contributed by atoms with Crippen molar-refractivity contribution in [3.05, 3.63) is 23.9 Å². The predicted molar refractivity (Wildman–Crippen MR) is 76.8 cm³/mol. The van der Waals surface area contributed by atoms with Crippen LogP contribution in [-0.4, -0.2) is 46.5 Å². The second kappa shape index (κ2) is 6.36. The molecule has 2 N–H and O–H groups in total. The lowest BCUT2D eigenvalue weighted by Crippen LogP contribution is -2.32. The number of aliphatic carboxylic acids is 1. The summed E-state index contributed by atoms with van der Waals surface area (Å²) in [7, 11) is 3.37. The van der Waals surface area contributed by atoms with Gasteiger partial charge in [0, 0.05) is 32.3 Å². The molecule has 0 spiro atoms. The fraction of sp³-hybridized carbons (Fsp3) is 0.500. The molecule has 0 fully saturated rings. The van der Waals surface area contributed by atoms with Crippen LogP contribution in [0.25, 0.3) is 0 Å². The Bertz CT molecular complexity index is 481. The minimum atomic E-state index is -0.820. The molecule has 1 heterocycles. The molecule has 6 nitrogen and oxygen atoms in total. The van der Waals surface area contributed by atoms with E-state index >= 15 is 0 Å². The fourth-order valence-corrected chi connectivity index (χ4v) is 1.68. The SMILES string of the molecule is CN(C)C(=O)c1ccc(NC(C)(C)CCC(=O)O)nc1. The van der Waals surface area contributed by atoms with Crippen LogP contribution in [0.5, 0.6) is 0 Å². The summed E-state index contributed by atoms with van der Waals surface area (Å²) >= 11 is 0. The highest BCUT2D eigenvalue weighted by Gasteiger charge is 2.19. The molecule has 0 saturated heterocycles. The molecule has 0 bridgehead atoms. The number of nitrogens with zero attached hydrogens (tertiary/aromatic N) is 2. The summed E-state index contributed by atoms with van der Waals surface area (Å²) in [6, 6.07) is 3.42. The highest BCUT2D eigenvalue weighted by atomic mass is 16.4. The number of anilines is 1. The summed E-state index contributed by atoms with van der Waals surface area (Å²) in [5.41, 5.74) is 0.141. The van der Waals surface area contributed by atoms with Gasteiger partial charge in [-0.3, -0.25) is 9.59 Å². The van der Waals surface area contributed by atoms with Crippen LogP contribution in [0.3, 0.4) is 0 Å². The Labute approximate surface area is 118 Å². The molecular formula is C14H21N3O3. The average Bonchev–Trinajstić information content (AvgIpc) is 2.36. The van der Waals surface area contributed by atoms with Crippen LogP contribution < -0.4 is 5.32 Å². The lowest BCUT2D eigenvalue weighted by Gasteiger charge is -2.26. The van der Waals surface area contributed by atoms with Crippen molar-refractivity contribution in [2.45, 2.75) is 32.2 Å². The Morgan fingerprint density at radius 1 is 1.35 bits per heavy atom. The van der Waals surface area contributed by atoms with E-state index in [0.717, 1.165) is 0 Å². The van der Waals surface area contributed by atoms with Gasteiger partial charge in [0.25, 0.3) is 5.91 Å². The number of pyridine rings is 1. The summed E-state index contributed by atoms with van der Waals surface area (Å²) in [5.74, 6) is -0.301. The number of carboxylic acids is 1. The first-order chi connectivity index (χ1) is 9.21. The molecule has 0 aliphatic heterocycles. The van der Waals surface area contributed by atoms with Gasteiger partial charge in [-0.15, -0.1) is 0 Å². The Hall–Kier alpha value is -2.11. The van der Waals surface area contributed by atoms with E-state index in [1.54, 1.807) is 26.2 Å². The first kappa shape index (κ1) is 15.9. The molecule has 1 amide bonds. The second-order valence-electron chi connectivity index (χ2n) is 5.53. The predicted octanol–water partition coefficient (Wildman–Crippen LogP) is 1.84. The molecule has 1 rings (SSSR count). The molecule has 110 valence electrons. The first-order valence-corrected chi connectivity index (χ1v) is 6.39. The second-order valence-corrected chi connectivity index (χ2v) is 5.53. The molecule has 0 unspecified atom stereocenters. The number of amides is 1. The fourth-order valence-electron chi connectivity index (χ4n) is 1.68. The highest BCUT2D eigenvalue weighted by molar-refractivity contribution is 5.93. The van der Waals surface area contributed by atoms with Gasteiger partial charge in [-0.25, -0.2) is 4.98 Å². The van der Waals surface area contributed by atoms with Crippen LogP contribution in [0.4, 0.5) is 5.82 Å². The van der Waals surface area contributed by atoms with Gasteiger partial charge in [0.2, 0.25) is 0 Å². The van der Waals surface area contributed by atoms with Gasteiger partial charge in [-0.2, -0.15) is 0 Å². The molecule has 1 aromatic heterocycles. The Balaban J connectivity index is 2.69. The maximum atomic E-state index is 11.7. The summed E-state index contributed by atoms with van der Waals surface area (Å²) in [5, 5.41) is 11.9. The van der Waals surface area contributed by atoms with Crippen LogP contribution in [0.15, 0.2) is 18.3 Å². The molecule has 0 aromatic carbocycles. The van der Waals surface area contributed by atoms with E-state index in [1.807, 2.05) is 13.8 Å². The smallest absolute Gasteiger partial charge is 0.303 e. The van der Waals surface area contributed by atoms with E-state index in [4.69, 9.17) is 5.11 Å². The number of hydrogen-bond donors (Lipinski definition) is 2. The summed E-state index contributed by atoms with van der Waals surface area (Å²) < 4.78 is 0. The number of hydrogen-bond acceptors (Lipinski definition) is 4. The first-order valence-electron chi connectivity index (χ1n) is 6.39. The zero-order valence-electron chi connectivity index (χ0n) is 12.3. The van der Waals surface area contributed by atoms with Crippen molar-refractivity contribution in [1.82, 2.24) is 9.88 Å². The lowest BCUT2D eigenvalue weighted by atomic mass is 9.98. The van der Waals surface area contributed by atoms with Crippen molar-refractivity contribution in [2.24, 2.45) is 0 Å². The molecular weight excluding hydrogens is 258 g/mol. The molecule has 0 radical (unpaired) electrons. The van der Waals surface area contributed by atoms with Gasteiger partial charge < -0.3 is 15.3 Å². The molecule has 20 heavy (non-hydrogen) atoms. The van der Waals surface area contributed by atoms with Crippen molar-refractivity contribution in [2.75, 3.05) is 19.4 Å². The minimum Gasteiger partial charge on any atom is -0.481 e. The van der Waals surface area contributed by atoms with E-state index in [9.17, 15) is 9.59 Å². The van der Waals surface area contributed by atoms with Gasteiger partial charge in [-0.05, 0) is 32.4 Å². The number of carboxylic acid groups (broad SMARTS) is 1. The van der Waals surface area contributed by atoms with E-state index in [2.05, 4.69) is 10.3 Å².